The summed E-state index contributed by atoms with van der Waals surface area (Å²) in [5, 5.41) is 4.33. The highest BCUT2D eigenvalue weighted by atomic mass is 16.6. The topological polar surface area (TPSA) is 54.9 Å². The SMILES string of the molecule is [CH2-][NH2+]CCNC(=O)OC(C)C. The van der Waals surface area contributed by atoms with Crippen molar-refractivity contribution in [3.05, 3.63) is 7.05 Å². The van der Waals surface area contributed by atoms with Gasteiger partial charge in [0, 0.05) is 0 Å². The second-order valence-corrected chi connectivity index (χ2v) is 2.46. The van der Waals surface area contributed by atoms with Gasteiger partial charge >= 0.3 is 6.09 Å². The Hall–Kier alpha value is -0.770. The molecule has 0 aliphatic carbocycles. The molecular weight excluding hydrogens is 144 g/mol. The number of rotatable bonds is 4. The second-order valence-electron chi connectivity index (χ2n) is 2.46. The third-order valence-electron chi connectivity index (χ3n) is 0.961. The summed E-state index contributed by atoms with van der Waals surface area (Å²) in [7, 11) is 3.53. The number of carbonyl (C=O) groups is 1. The zero-order valence-electron chi connectivity index (χ0n) is 7.09. The summed E-state index contributed by atoms with van der Waals surface area (Å²) in [5.74, 6) is 0. The normalized spacial score (nSPS) is 9.82. The Kier molecular flexibility index (Phi) is 5.56. The van der Waals surface area contributed by atoms with Crippen LogP contribution in [0.4, 0.5) is 4.79 Å². The number of carbonyl (C=O) groups excluding carboxylic acids is 1. The van der Waals surface area contributed by atoms with Crippen LogP contribution in [0.25, 0.3) is 0 Å². The quantitative estimate of drug-likeness (QED) is 0.429. The molecule has 4 nitrogen and oxygen atoms in total. The van der Waals surface area contributed by atoms with Crippen LogP contribution < -0.4 is 10.6 Å². The van der Waals surface area contributed by atoms with E-state index in [1.165, 1.54) is 0 Å². The summed E-state index contributed by atoms with van der Waals surface area (Å²) in [4.78, 5) is 10.8. The highest BCUT2D eigenvalue weighted by Crippen LogP contribution is 1.86. The molecular formula is C7H16N2O2. The molecule has 0 saturated heterocycles. The van der Waals surface area contributed by atoms with Crippen LogP contribution in [0, 0.1) is 7.05 Å². The predicted molar refractivity (Wildman–Crippen MR) is 41.8 cm³/mol. The van der Waals surface area contributed by atoms with E-state index < -0.39 is 0 Å². The summed E-state index contributed by atoms with van der Waals surface area (Å²) in [6.45, 7) is 4.99. The molecule has 0 rings (SSSR count). The van der Waals surface area contributed by atoms with Crippen LogP contribution in [0.1, 0.15) is 13.8 Å². The van der Waals surface area contributed by atoms with Crippen molar-refractivity contribution in [3.63, 3.8) is 0 Å². The molecule has 0 aromatic carbocycles. The molecule has 0 saturated carbocycles. The molecule has 66 valence electrons. The van der Waals surface area contributed by atoms with Gasteiger partial charge in [0.05, 0.1) is 19.2 Å². The Balaban J connectivity index is 3.23. The van der Waals surface area contributed by atoms with E-state index in [1.54, 1.807) is 5.32 Å². The molecule has 3 N–H and O–H groups in total. The van der Waals surface area contributed by atoms with Gasteiger partial charge in [-0.15, -0.1) is 0 Å². The first-order chi connectivity index (χ1) is 5.16. The number of amides is 1. The lowest BCUT2D eigenvalue weighted by Gasteiger charge is -2.08. The molecule has 0 aliphatic rings. The monoisotopic (exact) mass is 160 g/mol. The molecule has 0 atom stereocenters. The number of hydrogen-bond acceptors (Lipinski definition) is 2. The summed E-state index contributed by atoms with van der Waals surface area (Å²) in [5.41, 5.74) is 0. The van der Waals surface area contributed by atoms with Crippen molar-refractivity contribution in [2.45, 2.75) is 20.0 Å². The summed E-state index contributed by atoms with van der Waals surface area (Å²) < 4.78 is 4.81. The van der Waals surface area contributed by atoms with Gasteiger partial charge in [0.25, 0.3) is 0 Å². The van der Waals surface area contributed by atoms with E-state index in [0.717, 1.165) is 6.54 Å². The third kappa shape index (κ3) is 7.12. The Bertz CT molecular complexity index is 115. The maximum absolute atomic E-state index is 10.8. The van der Waals surface area contributed by atoms with E-state index in [2.05, 4.69) is 12.4 Å². The van der Waals surface area contributed by atoms with Crippen LogP contribution in [0.15, 0.2) is 0 Å². The van der Waals surface area contributed by atoms with Gasteiger partial charge in [0.15, 0.2) is 0 Å². The summed E-state index contributed by atoms with van der Waals surface area (Å²) in [6, 6.07) is 0. The number of hydrogen-bond donors (Lipinski definition) is 2. The molecule has 0 spiro atoms. The molecule has 0 aromatic heterocycles. The number of nitrogens with one attached hydrogen (secondary N) is 1. The van der Waals surface area contributed by atoms with Crippen molar-refractivity contribution in [2.24, 2.45) is 0 Å². The largest absolute Gasteiger partial charge is 0.477 e. The minimum absolute atomic E-state index is 0.0567. The van der Waals surface area contributed by atoms with Gasteiger partial charge in [0.1, 0.15) is 0 Å². The zero-order valence-corrected chi connectivity index (χ0v) is 7.09. The standard InChI is InChI=1S/C7H16N2O2/c1-6(2)11-7(10)9-5-4-8-3/h6H,3-5,8H2,1-2H3,(H,9,10). The van der Waals surface area contributed by atoms with E-state index in [9.17, 15) is 4.79 Å². The Morgan fingerprint density at radius 1 is 1.73 bits per heavy atom. The van der Waals surface area contributed by atoms with E-state index in [1.807, 2.05) is 13.8 Å². The van der Waals surface area contributed by atoms with E-state index in [0.29, 0.717) is 6.54 Å². The highest BCUT2D eigenvalue weighted by molar-refractivity contribution is 5.67. The summed E-state index contributed by atoms with van der Waals surface area (Å²) in [6.07, 6.45) is -0.416. The van der Waals surface area contributed by atoms with Gasteiger partial charge in [-0.25, -0.2) is 4.79 Å². The van der Waals surface area contributed by atoms with Crippen molar-refractivity contribution in [2.75, 3.05) is 13.1 Å². The Morgan fingerprint density at radius 2 is 2.36 bits per heavy atom. The first-order valence-electron chi connectivity index (χ1n) is 3.72. The molecule has 1 amide bonds. The van der Waals surface area contributed by atoms with Crippen LogP contribution in [0.3, 0.4) is 0 Å². The third-order valence-corrected chi connectivity index (χ3v) is 0.961. The Labute approximate surface area is 67.3 Å². The van der Waals surface area contributed by atoms with Crippen LogP contribution in [-0.4, -0.2) is 25.3 Å². The zero-order chi connectivity index (χ0) is 8.69. The number of nitrogens with two attached hydrogens (primary N) is 1. The maximum Gasteiger partial charge on any atom is 0.407 e. The van der Waals surface area contributed by atoms with Crippen molar-refractivity contribution in [3.8, 4) is 0 Å². The maximum atomic E-state index is 10.8. The van der Waals surface area contributed by atoms with Gasteiger partial charge in [-0.3, -0.25) is 0 Å². The smallest absolute Gasteiger partial charge is 0.407 e. The minimum atomic E-state index is -0.359. The van der Waals surface area contributed by atoms with Gasteiger partial charge in [-0.05, 0) is 13.8 Å². The summed E-state index contributed by atoms with van der Waals surface area (Å²) >= 11 is 0. The van der Waals surface area contributed by atoms with Gasteiger partial charge in [0.2, 0.25) is 0 Å². The fourth-order valence-corrected chi connectivity index (χ4v) is 0.532. The van der Waals surface area contributed by atoms with Crippen molar-refractivity contribution >= 4 is 6.09 Å². The van der Waals surface area contributed by atoms with Crippen molar-refractivity contribution < 1.29 is 14.8 Å². The predicted octanol–water partition coefficient (Wildman–Crippen LogP) is -0.524. The molecule has 0 fully saturated rings. The van der Waals surface area contributed by atoms with E-state index in [-0.39, 0.29) is 12.2 Å². The van der Waals surface area contributed by atoms with Crippen LogP contribution in [0.2, 0.25) is 0 Å². The molecule has 0 heterocycles. The number of ether oxygens (including phenoxy) is 1. The molecule has 0 aliphatic heterocycles. The lowest BCUT2D eigenvalue weighted by molar-refractivity contribution is -0.593. The lowest BCUT2D eigenvalue weighted by Crippen LogP contribution is -2.78. The van der Waals surface area contributed by atoms with Gasteiger partial charge in [-0.2, -0.15) is 7.05 Å². The first-order valence-corrected chi connectivity index (χ1v) is 3.72. The minimum Gasteiger partial charge on any atom is -0.477 e. The molecule has 0 bridgehead atoms. The van der Waals surface area contributed by atoms with Gasteiger partial charge in [-0.1, -0.05) is 0 Å². The van der Waals surface area contributed by atoms with Crippen LogP contribution >= 0.6 is 0 Å². The second kappa shape index (κ2) is 5.97. The van der Waals surface area contributed by atoms with Crippen molar-refractivity contribution in [1.82, 2.24) is 5.32 Å². The first kappa shape index (κ1) is 10.2. The fourth-order valence-electron chi connectivity index (χ4n) is 0.532. The molecule has 0 aromatic rings. The highest BCUT2D eigenvalue weighted by Gasteiger charge is 2.02. The molecule has 0 radical (unpaired) electrons. The average molecular weight is 160 g/mol. The fraction of sp³-hybridized carbons (Fsp3) is 0.714. The van der Waals surface area contributed by atoms with Crippen LogP contribution in [0.5, 0.6) is 0 Å². The molecule has 4 heteroatoms. The van der Waals surface area contributed by atoms with Gasteiger partial charge < -0.3 is 15.4 Å². The van der Waals surface area contributed by atoms with Crippen LogP contribution in [-0.2, 0) is 4.74 Å². The number of alkyl carbamates (subject to hydrolysis) is 1. The molecule has 11 heavy (non-hydrogen) atoms. The van der Waals surface area contributed by atoms with Crippen molar-refractivity contribution in [1.29, 1.82) is 0 Å². The Morgan fingerprint density at radius 3 is 2.82 bits per heavy atom. The molecule has 0 unspecified atom stereocenters. The number of quaternary nitrogens is 1. The lowest BCUT2D eigenvalue weighted by atomic mass is 10.5. The van der Waals surface area contributed by atoms with E-state index in [4.69, 9.17) is 4.74 Å². The average Bonchev–Trinajstić information content (AvgIpc) is 1.86. The van der Waals surface area contributed by atoms with E-state index >= 15 is 0 Å².